The molecular weight excluding hydrogens is 554 g/mol. The monoisotopic (exact) mass is 585 g/mol. The Labute approximate surface area is 239 Å². The Morgan fingerprint density at radius 2 is 1.80 bits per heavy atom. The molecule has 0 spiro atoms. The lowest BCUT2D eigenvalue weighted by Crippen LogP contribution is -2.52. The van der Waals surface area contributed by atoms with E-state index < -0.39 is 10.0 Å². The third kappa shape index (κ3) is 6.38. The molecule has 2 aliphatic rings. The fraction of sp³-hybridized carbons (Fsp3) is 0.393. The Kier molecular flexibility index (Phi) is 8.84. The number of piperazine rings is 1. The molecule has 1 aromatic heterocycles. The average Bonchev–Trinajstić information content (AvgIpc) is 3.50. The van der Waals surface area contributed by atoms with E-state index in [1.165, 1.54) is 23.5 Å². The molecule has 2 aromatic carbocycles. The van der Waals surface area contributed by atoms with E-state index in [-0.39, 0.29) is 30.0 Å². The second-order valence-corrected chi connectivity index (χ2v) is 12.1. The Morgan fingerprint density at radius 1 is 1.05 bits per heavy atom. The van der Waals surface area contributed by atoms with Gasteiger partial charge in [0.05, 0.1) is 35.4 Å². The number of rotatable bonds is 9. The van der Waals surface area contributed by atoms with E-state index in [1.54, 1.807) is 17.0 Å². The molecule has 0 N–H and O–H groups in total. The second-order valence-electron chi connectivity index (χ2n) is 9.73. The summed E-state index contributed by atoms with van der Waals surface area (Å²) in [6.45, 7) is 2.49. The molecule has 212 valence electrons. The number of amides is 1. The predicted octanol–water partition coefficient (Wildman–Crippen LogP) is 3.32. The molecule has 2 fully saturated rings. The number of hydrogen-bond acceptors (Lipinski definition) is 8. The van der Waals surface area contributed by atoms with E-state index in [1.807, 2.05) is 36.4 Å². The highest BCUT2D eigenvalue weighted by molar-refractivity contribution is 7.89. The zero-order chi connectivity index (χ0) is 28.1. The molecule has 12 heteroatoms. The van der Waals surface area contributed by atoms with Crippen LogP contribution in [0, 0.1) is 0 Å². The summed E-state index contributed by atoms with van der Waals surface area (Å²) in [5, 5.41) is 9.33. The van der Waals surface area contributed by atoms with Crippen LogP contribution in [-0.2, 0) is 19.6 Å². The number of ether oxygens (including phenoxy) is 2. The number of halogens is 1. The van der Waals surface area contributed by atoms with Crippen molar-refractivity contribution in [3.8, 4) is 17.0 Å². The number of sulfonamides is 1. The van der Waals surface area contributed by atoms with Crippen LogP contribution in [0.2, 0.25) is 5.02 Å². The molecule has 0 aliphatic carbocycles. The molecule has 0 radical (unpaired) electrons. The topological polar surface area (TPSA) is 105 Å². The van der Waals surface area contributed by atoms with Crippen molar-refractivity contribution in [1.29, 1.82) is 0 Å². The smallest absolute Gasteiger partial charge is 0.243 e. The molecule has 3 heterocycles. The van der Waals surface area contributed by atoms with Crippen molar-refractivity contribution in [2.75, 3.05) is 57.9 Å². The van der Waals surface area contributed by atoms with Crippen molar-refractivity contribution in [2.24, 2.45) is 0 Å². The van der Waals surface area contributed by atoms with Crippen molar-refractivity contribution in [2.45, 2.75) is 23.8 Å². The van der Waals surface area contributed by atoms with Gasteiger partial charge in [0.15, 0.2) is 5.82 Å². The van der Waals surface area contributed by atoms with E-state index in [9.17, 15) is 13.2 Å². The van der Waals surface area contributed by atoms with Crippen LogP contribution in [0.1, 0.15) is 12.8 Å². The number of methoxy groups -OCH3 is 1. The van der Waals surface area contributed by atoms with Gasteiger partial charge in [-0.2, -0.15) is 4.31 Å². The summed E-state index contributed by atoms with van der Waals surface area (Å²) in [6.07, 6.45) is 1.40. The molecule has 0 bridgehead atoms. The molecule has 1 amide bonds. The summed E-state index contributed by atoms with van der Waals surface area (Å²) >= 11 is 6.28. The lowest BCUT2D eigenvalue weighted by Gasteiger charge is -2.36. The van der Waals surface area contributed by atoms with Crippen LogP contribution in [0.4, 0.5) is 5.82 Å². The summed E-state index contributed by atoms with van der Waals surface area (Å²) in [6, 6.07) is 17.4. The first-order chi connectivity index (χ1) is 19.3. The van der Waals surface area contributed by atoms with Crippen molar-refractivity contribution in [3.05, 3.63) is 65.7 Å². The number of hydrogen-bond donors (Lipinski definition) is 0. The number of carbonyl (C=O) groups is 1. The lowest BCUT2D eigenvalue weighted by atomic mass is 10.1. The fourth-order valence-corrected chi connectivity index (χ4v) is 6.56. The van der Waals surface area contributed by atoms with Crippen molar-refractivity contribution in [3.63, 3.8) is 0 Å². The fourth-order valence-electron chi connectivity index (χ4n) is 4.90. The van der Waals surface area contributed by atoms with Crippen molar-refractivity contribution < 1.29 is 22.7 Å². The maximum atomic E-state index is 13.6. The minimum atomic E-state index is -3.92. The first-order valence-electron chi connectivity index (χ1n) is 13.2. The van der Waals surface area contributed by atoms with Crippen LogP contribution >= 0.6 is 11.6 Å². The van der Waals surface area contributed by atoms with Gasteiger partial charge in [0, 0.05) is 44.9 Å². The molecule has 2 aliphatic heterocycles. The summed E-state index contributed by atoms with van der Waals surface area (Å²) in [7, 11) is -2.40. The number of benzene rings is 2. The Bertz CT molecular complexity index is 1410. The maximum Gasteiger partial charge on any atom is 0.243 e. The number of anilines is 1. The summed E-state index contributed by atoms with van der Waals surface area (Å²) in [4.78, 5) is 17.2. The molecule has 5 rings (SSSR count). The predicted molar refractivity (Wildman–Crippen MR) is 152 cm³/mol. The van der Waals surface area contributed by atoms with E-state index in [0.29, 0.717) is 55.1 Å². The van der Waals surface area contributed by atoms with Gasteiger partial charge >= 0.3 is 0 Å². The summed E-state index contributed by atoms with van der Waals surface area (Å²) < 4.78 is 39.2. The minimum Gasteiger partial charge on any atom is -0.497 e. The lowest BCUT2D eigenvalue weighted by molar-refractivity contribution is -0.131. The van der Waals surface area contributed by atoms with Gasteiger partial charge in [0.1, 0.15) is 5.75 Å². The zero-order valence-corrected chi connectivity index (χ0v) is 23.9. The van der Waals surface area contributed by atoms with E-state index >= 15 is 0 Å². The highest BCUT2D eigenvalue weighted by atomic mass is 35.5. The second kappa shape index (κ2) is 12.5. The SMILES string of the molecule is COc1ccc(S(=O)(=O)N(CC(=O)N2CCN(c3ccc(-c4ccccc4Cl)nn3)CC2)C[C@@H]2CCCO2)cc1. The third-order valence-electron chi connectivity index (χ3n) is 7.20. The van der Waals surface area contributed by atoms with Crippen LogP contribution < -0.4 is 9.64 Å². The number of carbonyl (C=O) groups excluding carboxylic acids is 1. The molecule has 3 aromatic rings. The minimum absolute atomic E-state index is 0.114. The van der Waals surface area contributed by atoms with E-state index in [2.05, 4.69) is 15.1 Å². The van der Waals surface area contributed by atoms with Gasteiger partial charge < -0.3 is 19.3 Å². The molecular formula is C28H32ClN5O5S. The largest absolute Gasteiger partial charge is 0.497 e. The van der Waals surface area contributed by atoms with E-state index in [0.717, 1.165) is 18.4 Å². The van der Waals surface area contributed by atoms with Gasteiger partial charge in [0.25, 0.3) is 0 Å². The van der Waals surface area contributed by atoms with Gasteiger partial charge in [-0.25, -0.2) is 8.42 Å². The molecule has 2 saturated heterocycles. The van der Waals surface area contributed by atoms with Gasteiger partial charge in [-0.15, -0.1) is 10.2 Å². The molecule has 0 saturated carbocycles. The summed E-state index contributed by atoms with van der Waals surface area (Å²) in [5.41, 5.74) is 1.50. The highest BCUT2D eigenvalue weighted by Gasteiger charge is 2.33. The summed E-state index contributed by atoms with van der Waals surface area (Å²) in [5.74, 6) is 1.03. The van der Waals surface area contributed by atoms with Crippen LogP contribution in [0.25, 0.3) is 11.3 Å². The third-order valence-corrected chi connectivity index (χ3v) is 9.35. The van der Waals surface area contributed by atoms with E-state index in [4.69, 9.17) is 21.1 Å². The normalized spacial score (nSPS) is 17.8. The van der Waals surface area contributed by atoms with Crippen molar-refractivity contribution >= 4 is 33.3 Å². The first kappa shape index (κ1) is 28.3. The van der Waals surface area contributed by atoms with Crippen LogP contribution in [0.5, 0.6) is 5.75 Å². The standard InChI is InChI=1S/C28H32ClN5O5S/c1-38-21-8-10-23(11-9-21)40(36,37)34(19-22-5-4-18-39-22)20-28(35)33-16-14-32(15-17-33)27-13-12-26(30-31-27)24-6-2-3-7-25(24)29/h2-3,6-13,22H,4-5,14-20H2,1H3/t22-/m0/s1. The van der Waals surface area contributed by atoms with Gasteiger partial charge in [-0.05, 0) is 55.3 Å². The quantitative estimate of drug-likeness (QED) is 0.377. The zero-order valence-electron chi connectivity index (χ0n) is 22.3. The maximum absolute atomic E-state index is 13.6. The Hall–Kier alpha value is -3.25. The van der Waals surface area contributed by atoms with Crippen LogP contribution in [0.3, 0.4) is 0 Å². The highest BCUT2D eigenvalue weighted by Crippen LogP contribution is 2.27. The molecule has 40 heavy (non-hydrogen) atoms. The van der Waals surface area contributed by atoms with Crippen LogP contribution in [0.15, 0.2) is 65.6 Å². The number of nitrogens with zero attached hydrogens (tertiary/aromatic N) is 5. The van der Waals surface area contributed by atoms with Gasteiger partial charge in [-0.1, -0.05) is 29.8 Å². The number of aromatic nitrogens is 2. The van der Waals surface area contributed by atoms with Gasteiger partial charge in [0.2, 0.25) is 15.9 Å². The molecule has 0 unspecified atom stereocenters. The van der Waals surface area contributed by atoms with Crippen LogP contribution in [-0.4, -0.2) is 92.8 Å². The Balaban J connectivity index is 1.23. The molecule has 10 nitrogen and oxygen atoms in total. The average molecular weight is 586 g/mol. The Morgan fingerprint density at radius 3 is 2.42 bits per heavy atom. The van der Waals surface area contributed by atoms with Gasteiger partial charge in [-0.3, -0.25) is 4.79 Å². The van der Waals surface area contributed by atoms with Crippen molar-refractivity contribution in [1.82, 2.24) is 19.4 Å². The molecule has 1 atom stereocenters. The first-order valence-corrected chi connectivity index (χ1v) is 15.0.